The number of Topliss-reactive ketones (excluding diaryl/α,β-unsaturated/α-hetero) is 2. The van der Waals surface area contributed by atoms with E-state index in [0.717, 1.165) is 11.3 Å². The van der Waals surface area contributed by atoms with Gasteiger partial charge in [-0.15, -0.1) is 5.06 Å². The van der Waals surface area contributed by atoms with Crippen molar-refractivity contribution in [3.8, 4) is 0 Å². The summed E-state index contributed by atoms with van der Waals surface area (Å²) < 4.78 is 65.0. The molecule has 1 fully saturated rings. The van der Waals surface area contributed by atoms with Crippen molar-refractivity contribution in [2.45, 2.75) is 43.4 Å². The van der Waals surface area contributed by atoms with Crippen molar-refractivity contribution in [1.82, 2.24) is 5.06 Å². The summed E-state index contributed by atoms with van der Waals surface area (Å²) in [5.74, 6) is -3.87. The van der Waals surface area contributed by atoms with Crippen molar-refractivity contribution in [1.29, 1.82) is 0 Å². The van der Waals surface area contributed by atoms with Gasteiger partial charge in [-0.05, 0) is 54.5 Å². The molecule has 0 radical (unpaired) electrons. The fourth-order valence-corrected chi connectivity index (χ4v) is 7.97. The molecule has 1 N–H and O–H groups in total. The molecule has 0 saturated carbocycles. The van der Waals surface area contributed by atoms with Gasteiger partial charge in [-0.25, -0.2) is 13.2 Å². The Kier molecular flexibility index (Phi) is 18.1. The predicted molar refractivity (Wildman–Crippen MR) is 181 cm³/mol. The molecular formula is C34H34N3Na3O12S2. The minimum absolute atomic E-state index is 0. The largest absolute Gasteiger partial charge is 1.00 e. The molecule has 54 heavy (non-hydrogen) atoms. The third kappa shape index (κ3) is 11.3. The number of carbonyl (C=O) groups is 5. The van der Waals surface area contributed by atoms with Gasteiger partial charge in [0.2, 0.25) is 5.78 Å². The van der Waals surface area contributed by atoms with Crippen LogP contribution in [0.1, 0.15) is 49.0 Å². The number of fused-ring (bicyclic) bond motifs is 2. The van der Waals surface area contributed by atoms with E-state index in [9.17, 15) is 46.0 Å². The molecule has 2 aromatic carbocycles. The molecule has 0 bridgehead atoms. The van der Waals surface area contributed by atoms with Crippen LogP contribution in [0, 0.1) is 0 Å². The van der Waals surface area contributed by atoms with Gasteiger partial charge in [0.25, 0.3) is 11.8 Å². The average Bonchev–Trinajstić information content (AvgIpc) is 3.56. The maximum atomic E-state index is 12.9. The van der Waals surface area contributed by atoms with E-state index in [1.165, 1.54) is 24.3 Å². The first-order chi connectivity index (χ1) is 24.0. The molecule has 1 saturated heterocycles. The zero-order valence-corrected chi connectivity index (χ0v) is 38.3. The van der Waals surface area contributed by atoms with Crippen LogP contribution in [0.3, 0.4) is 0 Å². The van der Waals surface area contributed by atoms with E-state index in [4.69, 9.17) is 9.57 Å². The van der Waals surface area contributed by atoms with Crippen LogP contribution < -0.4 is 98.9 Å². The summed E-state index contributed by atoms with van der Waals surface area (Å²) in [6.45, 7) is 2.73. The fraction of sp³-hybridized carbons (Fsp3) is 0.324. The molecule has 3 aliphatic heterocycles. The number of imide groups is 1. The van der Waals surface area contributed by atoms with Crippen LogP contribution in [0.4, 0.5) is 11.4 Å². The maximum absolute atomic E-state index is 12.9. The number of hydrogen-bond acceptors (Lipinski definition) is 14. The zero-order valence-electron chi connectivity index (χ0n) is 30.6. The number of hydroxylamine groups is 2. The van der Waals surface area contributed by atoms with Crippen LogP contribution in [0.2, 0.25) is 0 Å². The first-order valence-corrected chi connectivity index (χ1v) is 18.8. The van der Waals surface area contributed by atoms with Gasteiger partial charge >= 0.3 is 94.6 Å². The summed E-state index contributed by atoms with van der Waals surface area (Å²) in [6.07, 6.45) is 5.89. The van der Waals surface area contributed by atoms with Crippen molar-refractivity contribution >= 4 is 61.4 Å². The molecule has 3 heterocycles. The van der Waals surface area contributed by atoms with E-state index in [1.54, 1.807) is 36.4 Å². The van der Waals surface area contributed by atoms with Crippen molar-refractivity contribution in [2.24, 2.45) is 0 Å². The van der Waals surface area contributed by atoms with Gasteiger partial charge < -0.3 is 44.0 Å². The number of amides is 2. The van der Waals surface area contributed by atoms with Crippen LogP contribution >= 0.6 is 10.6 Å². The van der Waals surface area contributed by atoms with Gasteiger partial charge in [0.1, 0.15) is 13.2 Å². The number of sulfone groups is 1. The average molecular weight is 810 g/mol. The van der Waals surface area contributed by atoms with Crippen molar-refractivity contribution in [3.05, 3.63) is 88.5 Å². The van der Waals surface area contributed by atoms with E-state index >= 15 is 0 Å². The van der Waals surface area contributed by atoms with Gasteiger partial charge in [-0.1, -0.05) is 38.1 Å². The topological polar surface area (TPSA) is 226 Å². The number of benzene rings is 2. The summed E-state index contributed by atoms with van der Waals surface area (Å²) in [7, 11) is -8.44. The van der Waals surface area contributed by atoms with E-state index in [-0.39, 0.29) is 136 Å². The summed E-state index contributed by atoms with van der Waals surface area (Å²) in [5, 5.41) is 3.39. The summed E-state index contributed by atoms with van der Waals surface area (Å²) in [5.41, 5.74) is 2.20. The Morgan fingerprint density at radius 3 is 2.26 bits per heavy atom. The summed E-state index contributed by atoms with van der Waals surface area (Å²) in [4.78, 5) is 66.4. The minimum atomic E-state index is -4.47. The van der Waals surface area contributed by atoms with Gasteiger partial charge in [0.15, 0.2) is 5.78 Å². The van der Waals surface area contributed by atoms with Crippen LogP contribution in [0.5, 0.6) is 0 Å². The zero-order chi connectivity index (χ0) is 37.1. The molecular weight excluding hydrogens is 775 g/mol. The smallest absolute Gasteiger partial charge is 0.792 e. The monoisotopic (exact) mass is 809 g/mol. The Morgan fingerprint density at radius 1 is 0.963 bits per heavy atom. The second-order valence-electron chi connectivity index (χ2n) is 12.4. The second-order valence-corrected chi connectivity index (χ2v) is 15.8. The van der Waals surface area contributed by atoms with Crippen molar-refractivity contribution in [3.63, 3.8) is 0 Å². The molecule has 0 unspecified atom stereocenters. The number of ketones is 2. The Balaban J connectivity index is 0.00000336. The number of allylic oxidation sites excluding steroid dienone is 6. The number of nitrogens with zero attached hydrogens (tertiary/aromatic N) is 2. The number of hydrogen-bond donors (Lipinski definition) is 1. The quantitative estimate of drug-likeness (QED) is 0.0812. The molecule has 0 aliphatic carbocycles. The molecule has 15 nitrogen and oxygen atoms in total. The number of carbonyl (C=O) groups excluding carboxylic acids is 5. The molecule has 3 aliphatic rings. The second kappa shape index (κ2) is 20.2. The van der Waals surface area contributed by atoms with Crippen LogP contribution in [0.25, 0.3) is 0 Å². The standard InChI is InChI=1S/C34H37N3O12S2.3Na/c1-34(2)25-18-22(35-19-23(38)20-48-21-32(41)49-37-30(39)14-15-31(37)40)12-13-26(25)36(16-7-17-50(43,44)45)29(34)11-6-5-10-28-33(42)24-8-3-4-9-27(24)51(28,46)47;;;/h3-6,8-13,18,35,46-47H,7,14-17,19-21H2,1-2H3,(H,43,44,45);;;/q;3*+1/p-3/b6-5+,28-10-,29-11-;;;. The molecule has 2 amide bonds. The van der Waals surface area contributed by atoms with Crippen molar-refractivity contribution in [2.75, 3.05) is 42.3 Å². The molecule has 0 spiro atoms. The molecule has 5 rings (SSSR count). The van der Waals surface area contributed by atoms with Gasteiger partial charge in [-0.3, -0.25) is 19.2 Å². The Morgan fingerprint density at radius 2 is 1.61 bits per heavy atom. The third-order valence-electron chi connectivity index (χ3n) is 8.39. The first-order valence-electron chi connectivity index (χ1n) is 15.7. The number of rotatable bonds is 14. The molecule has 2 aromatic rings. The molecule has 20 heteroatoms. The Labute approximate surface area is 380 Å². The molecule has 272 valence electrons. The SMILES string of the molecule is CC1(C)/C(=C/C=C/C=C2/C(=O)c3ccccc3S2([O-])[O-])N(CCCS(=O)(=O)[O-])c2ccc(NCC(=O)COCC(=O)ON3C(=O)CCC3=O)cc21.[Na+].[Na+].[Na+]. The Bertz CT molecular complexity index is 1990. The first kappa shape index (κ1) is 48.5. The summed E-state index contributed by atoms with van der Waals surface area (Å²) >= 11 is 0. The summed E-state index contributed by atoms with van der Waals surface area (Å²) in [6, 6.07) is 11.3. The van der Waals surface area contributed by atoms with E-state index < -0.39 is 74.4 Å². The third-order valence-corrected chi connectivity index (χ3v) is 11.0. The normalized spacial score (nSPS) is 18.9. The fourth-order valence-electron chi connectivity index (χ4n) is 5.93. The number of ether oxygens (including phenoxy) is 1. The molecule has 0 aromatic heterocycles. The van der Waals surface area contributed by atoms with Crippen molar-refractivity contribution < 1.29 is 144 Å². The number of anilines is 2. The van der Waals surface area contributed by atoms with Crippen LogP contribution in [-0.4, -0.2) is 88.5 Å². The maximum Gasteiger partial charge on any atom is 1.00 e. The van der Waals surface area contributed by atoms with Crippen LogP contribution in [0.15, 0.2) is 82.3 Å². The minimum Gasteiger partial charge on any atom is -0.792 e. The molecule has 0 atom stereocenters. The number of nitrogens with one attached hydrogen (secondary N) is 1. The predicted octanol–water partition coefficient (Wildman–Crippen LogP) is -6.02. The van der Waals surface area contributed by atoms with Gasteiger partial charge in [0, 0.05) is 63.0 Å². The van der Waals surface area contributed by atoms with Gasteiger partial charge in [-0.2, -0.15) is 0 Å². The van der Waals surface area contributed by atoms with E-state index in [0.29, 0.717) is 16.4 Å². The van der Waals surface area contributed by atoms with E-state index in [2.05, 4.69) is 5.32 Å². The van der Waals surface area contributed by atoms with Crippen LogP contribution in [-0.2, 0) is 44.3 Å². The van der Waals surface area contributed by atoms with Gasteiger partial charge in [0.05, 0.1) is 16.7 Å². The van der Waals surface area contributed by atoms with E-state index in [1.807, 2.05) is 24.8 Å². The Hall–Kier alpha value is -1.65.